The molecule has 0 bridgehead atoms. The van der Waals surface area contributed by atoms with Crippen molar-refractivity contribution in [1.82, 2.24) is 24.7 Å². The number of piperazine rings is 1. The summed E-state index contributed by atoms with van der Waals surface area (Å²) < 4.78 is 11.7. The van der Waals surface area contributed by atoms with Gasteiger partial charge in [0.05, 0.1) is 31.3 Å². The molecule has 10 heteroatoms. The number of nitrogens with zero attached hydrogens (tertiary/aromatic N) is 7. The molecule has 1 aromatic heterocycles. The normalized spacial score (nSPS) is 21.2. The molecule has 1 aromatic carbocycles. The third-order valence-corrected chi connectivity index (χ3v) is 8.40. The molecule has 40 heavy (non-hydrogen) atoms. The van der Waals surface area contributed by atoms with Crippen LogP contribution in [0.5, 0.6) is 11.8 Å². The Morgan fingerprint density at radius 3 is 2.80 bits per heavy atom. The Hall–Kier alpha value is -3.68. The lowest BCUT2D eigenvalue weighted by Crippen LogP contribution is -2.55. The molecule has 0 unspecified atom stereocenters. The van der Waals surface area contributed by atoms with Gasteiger partial charge in [0.2, 0.25) is 5.91 Å². The molecule has 0 N–H and O–H groups in total. The number of methoxy groups -OCH3 is 1. The predicted molar refractivity (Wildman–Crippen MR) is 152 cm³/mol. The molecule has 3 aliphatic heterocycles. The minimum Gasteiger partial charge on any atom is -0.497 e. The molecule has 2 aromatic rings. The van der Waals surface area contributed by atoms with Gasteiger partial charge in [-0.05, 0) is 62.7 Å². The highest BCUT2D eigenvalue weighted by molar-refractivity contribution is 5.87. The number of carbonyl (C=O) groups is 1. The first-order chi connectivity index (χ1) is 19.4. The summed E-state index contributed by atoms with van der Waals surface area (Å²) in [7, 11) is 3.82. The summed E-state index contributed by atoms with van der Waals surface area (Å²) in [6.45, 7) is 11.2. The molecule has 0 aliphatic carbocycles. The summed E-state index contributed by atoms with van der Waals surface area (Å²) in [5.74, 6) is 1.55. The topological polar surface area (TPSA) is 98.1 Å². The number of likely N-dealkylation sites (N-methyl/N-ethyl adjacent to an activating group) is 1. The zero-order valence-electron chi connectivity index (χ0n) is 23.8. The van der Waals surface area contributed by atoms with E-state index in [0.717, 1.165) is 42.3 Å². The number of amides is 1. The van der Waals surface area contributed by atoms with Gasteiger partial charge in [0.1, 0.15) is 18.2 Å². The molecule has 212 valence electrons. The summed E-state index contributed by atoms with van der Waals surface area (Å²) in [5.41, 5.74) is 4.50. The highest BCUT2D eigenvalue weighted by Gasteiger charge is 2.34. The standard InChI is InChI=1S/C30H39N7O3/c1-5-28(38)37-14-13-36(17-23(37)10-11-31)29-26-18-35(16-22-15-25(39-4)9-8-21(22)2)19-27(26)32-30(33-29)40-20-24-7-6-12-34(24)3/h5,8-9,15,23-24H,1,6-7,10,12-14,16-20H2,2-4H3/t23-,24-/m0/s1. The molecular weight excluding hydrogens is 506 g/mol. The average Bonchev–Trinajstić information content (AvgIpc) is 3.57. The first kappa shape index (κ1) is 27.9. The molecule has 0 spiro atoms. The van der Waals surface area contributed by atoms with Crippen molar-refractivity contribution < 1.29 is 14.3 Å². The lowest BCUT2D eigenvalue weighted by molar-refractivity contribution is -0.128. The van der Waals surface area contributed by atoms with Gasteiger partial charge in [-0.25, -0.2) is 0 Å². The van der Waals surface area contributed by atoms with Crippen molar-refractivity contribution in [1.29, 1.82) is 5.26 Å². The molecule has 2 atom stereocenters. The van der Waals surface area contributed by atoms with E-state index in [9.17, 15) is 10.1 Å². The van der Waals surface area contributed by atoms with Crippen molar-refractivity contribution in [2.24, 2.45) is 0 Å². The summed E-state index contributed by atoms with van der Waals surface area (Å²) in [6.07, 6.45) is 3.86. The zero-order valence-corrected chi connectivity index (χ0v) is 23.8. The van der Waals surface area contributed by atoms with Gasteiger partial charge in [-0.3, -0.25) is 9.69 Å². The molecular formula is C30H39N7O3. The summed E-state index contributed by atoms with van der Waals surface area (Å²) in [5, 5.41) is 9.48. The Morgan fingerprint density at radius 1 is 1.23 bits per heavy atom. The monoisotopic (exact) mass is 545 g/mol. The number of nitriles is 1. The predicted octanol–water partition coefficient (Wildman–Crippen LogP) is 2.90. The van der Waals surface area contributed by atoms with Gasteiger partial charge >= 0.3 is 6.01 Å². The van der Waals surface area contributed by atoms with E-state index < -0.39 is 0 Å². The summed E-state index contributed by atoms with van der Waals surface area (Å²) in [6, 6.07) is 8.95. The average molecular weight is 546 g/mol. The Labute approximate surface area is 236 Å². The second-order valence-electron chi connectivity index (χ2n) is 11.0. The highest BCUT2D eigenvalue weighted by Crippen LogP contribution is 2.34. The molecule has 0 saturated carbocycles. The SMILES string of the molecule is C=CC(=O)N1CCN(c2nc(OC[C@@H]3CCCN3C)nc3c2CN(Cc2cc(OC)ccc2C)C3)C[C@@H]1CC#N. The maximum atomic E-state index is 12.5. The van der Waals surface area contributed by atoms with E-state index >= 15 is 0 Å². The van der Waals surface area contributed by atoms with Crippen LogP contribution < -0.4 is 14.4 Å². The maximum absolute atomic E-state index is 12.5. The third-order valence-electron chi connectivity index (χ3n) is 8.40. The number of anilines is 1. The number of likely N-dealkylation sites (tertiary alicyclic amines) is 1. The quantitative estimate of drug-likeness (QED) is 0.441. The molecule has 1 amide bonds. The van der Waals surface area contributed by atoms with Gasteiger partial charge in [-0.15, -0.1) is 0 Å². The number of hydrogen-bond acceptors (Lipinski definition) is 9. The van der Waals surface area contributed by atoms with Crippen molar-refractivity contribution >= 4 is 11.7 Å². The largest absolute Gasteiger partial charge is 0.497 e. The second kappa shape index (κ2) is 12.2. The number of hydrogen-bond donors (Lipinski definition) is 0. The Kier molecular flexibility index (Phi) is 8.52. The van der Waals surface area contributed by atoms with Crippen molar-refractivity contribution in [3.8, 4) is 17.8 Å². The van der Waals surface area contributed by atoms with Crippen molar-refractivity contribution in [3.05, 3.63) is 53.2 Å². The van der Waals surface area contributed by atoms with Gasteiger partial charge in [0.25, 0.3) is 0 Å². The van der Waals surface area contributed by atoms with Crippen LogP contribution in [0.2, 0.25) is 0 Å². The van der Waals surface area contributed by atoms with Crippen LogP contribution in [-0.2, 0) is 24.4 Å². The first-order valence-electron chi connectivity index (χ1n) is 14.0. The van der Waals surface area contributed by atoms with Gasteiger partial charge in [0.15, 0.2) is 0 Å². The number of aryl methyl sites for hydroxylation is 1. The number of ether oxygens (including phenoxy) is 2. The van der Waals surface area contributed by atoms with Gasteiger partial charge < -0.3 is 24.2 Å². The van der Waals surface area contributed by atoms with Crippen LogP contribution in [0.15, 0.2) is 30.9 Å². The molecule has 0 radical (unpaired) electrons. The van der Waals surface area contributed by atoms with Crippen molar-refractivity contribution in [2.45, 2.75) is 57.9 Å². The van der Waals surface area contributed by atoms with Crippen LogP contribution in [0.1, 0.15) is 41.6 Å². The van der Waals surface area contributed by atoms with E-state index in [1.165, 1.54) is 23.6 Å². The zero-order chi connectivity index (χ0) is 28.2. The number of benzene rings is 1. The smallest absolute Gasteiger partial charge is 0.318 e. The van der Waals surface area contributed by atoms with Crippen LogP contribution in [0, 0.1) is 18.3 Å². The molecule has 10 nitrogen and oxygen atoms in total. The third kappa shape index (κ3) is 5.91. The van der Waals surface area contributed by atoms with E-state index in [4.69, 9.17) is 19.4 Å². The maximum Gasteiger partial charge on any atom is 0.318 e. The van der Waals surface area contributed by atoms with E-state index in [0.29, 0.717) is 51.4 Å². The van der Waals surface area contributed by atoms with Gasteiger partial charge in [0, 0.05) is 50.9 Å². The Balaban J connectivity index is 1.41. The van der Waals surface area contributed by atoms with Crippen LogP contribution in [-0.4, -0.2) is 89.6 Å². The fraction of sp³-hybridized carbons (Fsp3) is 0.533. The van der Waals surface area contributed by atoms with Crippen LogP contribution in [0.4, 0.5) is 5.82 Å². The van der Waals surface area contributed by atoms with Gasteiger partial charge in [-0.2, -0.15) is 15.2 Å². The molecule has 5 rings (SSSR count). The van der Waals surface area contributed by atoms with Gasteiger partial charge in [-0.1, -0.05) is 12.6 Å². The van der Waals surface area contributed by atoms with Crippen LogP contribution in [0.3, 0.4) is 0 Å². The lowest BCUT2D eigenvalue weighted by atomic mass is 10.1. The van der Waals surface area contributed by atoms with Crippen molar-refractivity contribution in [3.63, 3.8) is 0 Å². The second-order valence-corrected chi connectivity index (χ2v) is 11.0. The summed E-state index contributed by atoms with van der Waals surface area (Å²) in [4.78, 5) is 30.9. The first-order valence-corrected chi connectivity index (χ1v) is 14.0. The fourth-order valence-corrected chi connectivity index (χ4v) is 6.00. The number of rotatable bonds is 9. The number of fused-ring (bicyclic) bond motifs is 1. The molecule has 2 fully saturated rings. The molecule has 2 saturated heterocycles. The minimum absolute atomic E-state index is 0.141. The molecule has 3 aliphatic rings. The Morgan fingerprint density at radius 2 is 2.08 bits per heavy atom. The fourth-order valence-electron chi connectivity index (χ4n) is 6.00. The van der Waals surface area contributed by atoms with E-state index in [1.807, 2.05) is 6.07 Å². The Bertz CT molecular complexity index is 1290. The van der Waals surface area contributed by atoms with E-state index in [2.05, 4.69) is 53.5 Å². The van der Waals surface area contributed by atoms with Crippen molar-refractivity contribution in [2.75, 3.05) is 51.8 Å². The van der Waals surface area contributed by atoms with Crippen LogP contribution >= 0.6 is 0 Å². The molecule has 4 heterocycles. The number of aromatic nitrogens is 2. The van der Waals surface area contributed by atoms with Crippen LogP contribution in [0.25, 0.3) is 0 Å². The minimum atomic E-state index is -0.233. The highest BCUT2D eigenvalue weighted by atomic mass is 16.5. The van der Waals surface area contributed by atoms with E-state index in [-0.39, 0.29) is 18.4 Å². The number of carbonyl (C=O) groups excluding carboxylic acids is 1. The summed E-state index contributed by atoms with van der Waals surface area (Å²) >= 11 is 0. The lowest BCUT2D eigenvalue weighted by Gasteiger charge is -2.41. The van der Waals surface area contributed by atoms with E-state index in [1.54, 1.807) is 12.0 Å².